The first-order valence-corrected chi connectivity index (χ1v) is 26.3. The number of nitrogens with zero attached hydrogens (tertiary/aromatic N) is 4. The van der Waals surface area contributed by atoms with Crippen LogP contribution in [0.4, 0.5) is 10.5 Å². The van der Waals surface area contributed by atoms with Gasteiger partial charge >= 0.3 is 18.0 Å². The van der Waals surface area contributed by atoms with Crippen molar-refractivity contribution in [1.82, 2.24) is 20.2 Å². The third-order valence-corrected chi connectivity index (χ3v) is 16.8. The van der Waals surface area contributed by atoms with Gasteiger partial charge in [-0.2, -0.15) is 0 Å². The Hall–Kier alpha value is -5.55. The highest BCUT2D eigenvalue weighted by Gasteiger charge is 2.64. The van der Waals surface area contributed by atoms with Crippen molar-refractivity contribution in [2.45, 2.75) is 145 Å². The van der Waals surface area contributed by atoms with Crippen LogP contribution in [0.1, 0.15) is 97.5 Å². The number of thioether (sulfide) groups is 1. The molecule has 1 saturated carbocycles. The Morgan fingerprint density at radius 1 is 1.01 bits per heavy atom. The third-order valence-electron chi connectivity index (χ3n) is 15.2. The minimum atomic E-state index is -1.89. The summed E-state index contributed by atoms with van der Waals surface area (Å²) < 4.78 is 29.4. The number of hydrogen-bond acceptors (Lipinski definition) is 17. The molecule has 1 aromatic rings. The number of anilines is 1. The molecular weight excluding hydrogens is 1010 g/mol. The molecular formula is C51H66ClN5O16S. The molecule has 2 unspecified atom stereocenters. The van der Waals surface area contributed by atoms with Gasteiger partial charge in [-0.1, -0.05) is 42.3 Å². The van der Waals surface area contributed by atoms with E-state index in [1.165, 1.54) is 61.7 Å². The number of amides is 7. The molecule has 7 rings (SSSR count). The first kappa shape index (κ1) is 56.2. The number of esters is 1. The van der Waals surface area contributed by atoms with Crippen molar-refractivity contribution in [2.24, 2.45) is 17.8 Å². The molecule has 1 aliphatic carbocycles. The Balaban J connectivity index is 0.986. The van der Waals surface area contributed by atoms with E-state index < -0.39 is 107 Å². The minimum absolute atomic E-state index is 0.00240. The number of ether oxygens (including phenoxy) is 5. The van der Waals surface area contributed by atoms with Crippen LogP contribution < -0.4 is 15.0 Å². The van der Waals surface area contributed by atoms with Gasteiger partial charge in [0.1, 0.15) is 40.7 Å². The topological polar surface area (TPSA) is 258 Å². The first-order valence-electron chi connectivity index (χ1n) is 24.9. The van der Waals surface area contributed by atoms with Gasteiger partial charge in [0.2, 0.25) is 23.6 Å². The van der Waals surface area contributed by atoms with E-state index >= 15 is 0 Å². The zero-order valence-corrected chi connectivity index (χ0v) is 44.5. The van der Waals surface area contributed by atoms with Gasteiger partial charge in [0.15, 0.2) is 5.72 Å². The van der Waals surface area contributed by atoms with Gasteiger partial charge in [0.05, 0.1) is 36.5 Å². The summed E-state index contributed by atoms with van der Waals surface area (Å²) in [5, 5.41) is 14.4. The number of methoxy groups -OCH3 is 2. The van der Waals surface area contributed by atoms with Crippen molar-refractivity contribution >= 4 is 82.5 Å². The number of hydrogen-bond donors (Lipinski definition) is 2. The highest BCUT2D eigenvalue weighted by atomic mass is 35.5. The second-order valence-electron chi connectivity index (χ2n) is 20.3. The van der Waals surface area contributed by atoms with Crippen LogP contribution in [0.5, 0.6) is 5.75 Å². The van der Waals surface area contributed by atoms with Crippen molar-refractivity contribution < 1.29 is 76.8 Å². The number of likely N-dealkylation sites (N-methyl/N-ethyl adjacent to an activating group) is 1. The zero-order valence-electron chi connectivity index (χ0n) is 42.9. The average molecular weight is 1070 g/mol. The van der Waals surface area contributed by atoms with E-state index in [4.69, 9.17) is 40.1 Å². The lowest BCUT2D eigenvalue weighted by atomic mass is 9.82. The Kier molecular flexibility index (Phi) is 17.6. The monoisotopic (exact) mass is 1070 g/mol. The molecule has 4 saturated heterocycles. The molecule has 404 valence electrons. The van der Waals surface area contributed by atoms with Gasteiger partial charge in [-0.05, 0) is 76.5 Å². The molecule has 74 heavy (non-hydrogen) atoms. The lowest BCUT2D eigenvalue weighted by molar-refractivity contribution is -0.201. The van der Waals surface area contributed by atoms with Gasteiger partial charge < -0.3 is 43.4 Å². The third kappa shape index (κ3) is 12.2. The number of benzene rings is 1. The van der Waals surface area contributed by atoms with Crippen molar-refractivity contribution in [3.63, 3.8) is 0 Å². The van der Waals surface area contributed by atoms with Crippen LogP contribution >= 0.6 is 23.4 Å². The van der Waals surface area contributed by atoms with Crippen LogP contribution in [-0.2, 0) is 68.6 Å². The summed E-state index contributed by atoms with van der Waals surface area (Å²) in [6.45, 7) is 6.99. The summed E-state index contributed by atoms with van der Waals surface area (Å²) >= 11 is 7.98. The number of halogens is 1. The van der Waals surface area contributed by atoms with E-state index in [0.717, 1.165) is 11.1 Å². The normalized spacial score (nSPS) is 32.2. The standard InChI is InChI=1S/C51H66ClN5O16S/c1-27-10-9-11-37(69-8)51(67)25-35(70-49(66)53-51)28(2)45-50(4,72-45)38(24-42(61)55(6)33-21-31(20-27)22-34(68-7)44(33)52)71-47(64)29(3)54(5)39(58)18-19-74-36-23-43(62)56(46(36)63)26-30-12-14-32(15-13-30)48(65)73-57-40(59)16-17-41(57)60/h9-11,21-22,28-30,32,35-38,45,67H,12-20,23-26H2,1-8H3,(H,53,66)/b11-9+,27-10+/t28-,29?,30?,32?,35+,36?,37-,38+,45+,50+,51+/m1/s1. The quantitative estimate of drug-likeness (QED) is 0.160. The molecule has 4 bridgehead atoms. The fourth-order valence-corrected chi connectivity index (χ4v) is 11.7. The molecule has 6 aliphatic rings. The molecule has 1 aromatic carbocycles. The molecule has 5 heterocycles. The second-order valence-corrected chi connectivity index (χ2v) is 22.0. The molecule has 7 amide bonds. The fourth-order valence-electron chi connectivity index (χ4n) is 10.3. The van der Waals surface area contributed by atoms with Crippen LogP contribution in [0.3, 0.4) is 0 Å². The maximum atomic E-state index is 14.4. The summed E-state index contributed by atoms with van der Waals surface area (Å²) in [6, 6.07) is 2.36. The SMILES string of the molecule is COc1cc2cc(c1Cl)N(C)C(=O)C[C@H](OC(=O)C(C)N(C)C(=O)CCSC1CC(=O)N(CC3CCC(C(=O)ON4C(=O)CCC4=O)CC3)C1=O)[C@]1(C)O[C@H]1[C@H](C)[C@@H]1C[C@@](O)(NC(=O)O1)[C@H](OC)/C=C/C=C(\C)C2. The van der Waals surface area contributed by atoms with E-state index in [1.807, 2.05) is 13.0 Å². The molecule has 0 aromatic heterocycles. The van der Waals surface area contributed by atoms with Crippen molar-refractivity contribution in [3.05, 3.63) is 46.5 Å². The largest absolute Gasteiger partial charge is 0.495 e. The fraction of sp³-hybridized carbons (Fsp3) is 0.627. The van der Waals surface area contributed by atoms with Crippen molar-refractivity contribution in [3.8, 4) is 5.75 Å². The number of alkyl carbamates (subject to hydrolysis) is 1. The number of carbonyl (C=O) groups excluding carboxylic acids is 9. The van der Waals surface area contributed by atoms with Gasteiger partial charge in [0.25, 0.3) is 11.8 Å². The van der Waals surface area contributed by atoms with E-state index in [9.17, 15) is 48.3 Å². The number of nitrogens with one attached hydrogen (secondary N) is 1. The molecule has 5 aliphatic heterocycles. The molecule has 0 spiro atoms. The zero-order chi connectivity index (χ0) is 54.0. The van der Waals surface area contributed by atoms with Crippen molar-refractivity contribution in [2.75, 3.05) is 45.5 Å². The highest BCUT2D eigenvalue weighted by Crippen LogP contribution is 2.49. The van der Waals surface area contributed by atoms with Crippen molar-refractivity contribution in [1.29, 1.82) is 0 Å². The number of imide groups is 2. The summed E-state index contributed by atoms with van der Waals surface area (Å²) in [4.78, 5) is 127. The number of likely N-dealkylation sites (tertiary alicyclic amines) is 1. The highest BCUT2D eigenvalue weighted by molar-refractivity contribution is 8.00. The number of allylic oxidation sites excluding steroid dienone is 3. The number of carbonyl (C=O) groups is 9. The van der Waals surface area contributed by atoms with E-state index in [2.05, 4.69) is 5.32 Å². The molecule has 23 heteroatoms. The van der Waals surface area contributed by atoms with Crippen LogP contribution in [0.25, 0.3) is 0 Å². The summed E-state index contributed by atoms with van der Waals surface area (Å²) in [7, 11) is 5.84. The predicted molar refractivity (Wildman–Crippen MR) is 266 cm³/mol. The Morgan fingerprint density at radius 3 is 2.36 bits per heavy atom. The molecule has 21 nitrogen and oxygen atoms in total. The minimum Gasteiger partial charge on any atom is -0.495 e. The van der Waals surface area contributed by atoms with E-state index in [-0.39, 0.29) is 67.2 Å². The van der Waals surface area contributed by atoms with Gasteiger partial charge in [0, 0.05) is 71.5 Å². The average Bonchev–Trinajstić information content (AvgIpc) is 3.87. The Labute approximate surface area is 438 Å². The smallest absolute Gasteiger partial charge is 0.409 e. The Morgan fingerprint density at radius 2 is 1.70 bits per heavy atom. The lowest BCUT2D eigenvalue weighted by Gasteiger charge is -2.42. The molecule has 0 radical (unpaired) electrons. The predicted octanol–water partition coefficient (Wildman–Crippen LogP) is 4.18. The number of hydroxylamine groups is 2. The first-order chi connectivity index (χ1) is 35.0. The number of fused-ring (bicyclic) bond motifs is 5. The maximum absolute atomic E-state index is 14.4. The molecule has 2 N–H and O–H groups in total. The van der Waals surface area contributed by atoms with Crippen LogP contribution in [0, 0.1) is 17.8 Å². The van der Waals surface area contributed by atoms with E-state index in [1.54, 1.807) is 38.1 Å². The number of rotatable bonds is 13. The summed E-state index contributed by atoms with van der Waals surface area (Å²) in [5.41, 5.74) is -1.23. The summed E-state index contributed by atoms with van der Waals surface area (Å²) in [5.74, 6) is -4.93. The maximum Gasteiger partial charge on any atom is 0.409 e. The molecule has 5 fully saturated rings. The van der Waals surface area contributed by atoms with Gasteiger partial charge in [-0.25, -0.2) is 14.4 Å². The van der Waals surface area contributed by atoms with Crippen LogP contribution in [0.2, 0.25) is 5.02 Å². The Bertz CT molecular complexity index is 2470. The summed E-state index contributed by atoms with van der Waals surface area (Å²) in [6.07, 6.45) is 2.04. The van der Waals surface area contributed by atoms with Crippen LogP contribution in [0.15, 0.2) is 35.9 Å². The van der Waals surface area contributed by atoms with Gasteiger partial charge in [-0.15, -0.1) is 16.8 Å². The van der Waals surface area contributed by atoms with E-state index in [0.29, 0.717) is 48.6 Å². The number of aliphatic hydroxyl groups is 1. The lowest BCUT2D eigenvalue weighted by Crippen LogP contribution is -2.63. The second kappa shape index (κ2) is 23.1. The molecule has 9 atom stereocenters. The van der Waals surface area contributed by atoms with Crippen LogP contribution in [-0.4, -0.2) is 161 Å². The number of epoxide rings is 1. The van der Waals surface area contributed by atoms with Gasteiger partial charge in [-0.3, -0.25) is 39.0 Å².